The average Bonchev–Trinajstić information content (AvgIpc) is 3.07. The molecule has 0 bridgehead atoms. The van der Waals surface area contributed by atoms with Crippen molar-refractivity contribution in [2.24, 2.45) is 0 Å². The lowest BCUT2D eigenvalue weighted by atomic mass is 9.96. The molecule has 0 aliphatic heterocycles. The van der Waals surface area contributed by atoms with Crippen molar-refractivity contribution in [1.82, 2.24) is 9.59 Å². The Bertz CT molecular complexity index is 648. The van der Waals surface area contributed by atoms with Gasteiger partial charge in [0, 0.05) is 5.69 Å². The number of rotatable bonds is 4. The molecule has 20 heavy (non-hydrogen) atoms. The summed E-state index contributed by atoms with van der Waals surface area (Å²) >= 11 is 1.02. The maximum absolute atomic E-state index is 11.8. The Morgan fingerprint density at radius 2 is 1.95 bits per heavy atom. The fourth-order valence-corrected chi connectivity index (χ4v) is 2.49. The summed E-state index contributed by atoms with van der Waals surface area (Å²) < 4.78 is 3.62. The fraction of sp³-hybridized carbons (Fsp3) is 0.231. The van der Waals surface area contributed by atoms with Crippen LogP contribution in [0.1, 0.15) is 28.1 Å². The number of carboxylic acids is 1. The second kappa shape index (κ2) is 4.68. The van der Waals surface area contributed by atoms with Gasteiger partial charge in [-0.2, -0.15) is 0 Å². The molecule has 0 radical (unpaired) electrons. The summed E-state index contributed by atoms with van der Waals surface area (Å²) in [5, 5.41) is 15.5. The van der Waals surface area contributed by atoms with Gasteiger partial charge in [-0.25, -0.2) is 0 Å². The first-order valence-electron chi connectivity index (χ1n) is 6.04. The number of aliphatic carboxylic acids is 1. The third kappa shape index (κ3) is 2.16. The Kier molecular flexibility index (Phi) is 2.98. The second-order valence-corrected chi connectivity index (χ2v) is 5.49. The van der Waals surface area contributed by atoms with E-state index in [1.165, 1.54) is 6.20 Å². The maximum atomic E-state index is 11.8. The van der Waals surface area contributed by atoms with Crippen molar-refractivity contribution in [2.45, 2.75) is 18.3 Å². The van der Waals surface area contributed by atoms with Crippen LogP contribution in [-0.2, 0) is 10.2 Å². The first kappa shape index (κ1) is 12.7. The lowest BCUT2D eigenvalue weighted by Crippen LogP contribution is -2.19. The van der Waals surface area contributed by atoms with Gasteiger partial charge in [0.1, 0.15) is 4.88 Å². The monoisotopic (exact) mass is 289 g/mol. The molecule has 7 heteroatoms. The van der Waals surface area contributed by atoms with Crippen LogP contribution < -0.4 is 5.32 Å². The Hall–Kier alpha value is -2.28. The van der Waals surface area contributed by atoms with Crippen LogP contribution in [0.3, 0.4) is 0 Å². The van der Waals surface area contributed by atoms with E-state index in [-0.39, 0.29) is 5.91 Å². The van der Waals surface area contributed by atoms with Gasteiger partial charge in [0.15, 0.2) is 0 Å². The zero-order chi connectivity index (χ0) is 14.2. The van der Waals surface area contributed by atoms with E-state index in [1.54, 1.807) is 24.3 Å². The number of carbonyl (C=O) groups is 2. The van der Waals surface area contributed by atoms with Gasteiger partial charge in [-0.15, -0.1) is 5.10 Å². The van der Waals surface area contributed by atoms with Crippen molar-refractivity contribution in [2.75, 3.05) is 5.32 Å². The Balaban J connectivity index is 1.74. The molecule has 0 unspecified atom stereocenters. The van der Waals surface area contributed by atoms with Gasteiger partial charge in [-0.05, 0) is 42.1 Å². The van der Waals surface area contributed by atoms with E-state index in [9.17, 15) is 14.7 Å². The highest BCUT2D eigenvalue weighted by Crippen LogP contribution is 2.48. The largest absolute Gasteiger partial charge is 0.481 e. The molecule has 1 amide bonds. The zero-order valence-electron chi connectivity index (χ0n) is 10.4. The van der Waals surface area contributed by atoms with Gasteiger partial charge in [0.05, 0.1) is 11.6 Å². The highest BCUT2D eigenvalue weighted by Gasteiger charge is 2.51. The molecule has 1 aromatic heterocycles. The standard InChI is InChI=1S/C13H11N3O3S/c17-11(10-7-14-16-20-10)15-9-3-1-8(2-4-9)13(5-6-13)12(18)19/h1-4,7H,5-6H2,(H,15,17)(H,18,19). The van der Waals surface area contributed by atoms with E-state index in [0.29, 0.717) is 23.4 Å². The molecule has 2 N–H and O–H groups in total. The van der Waals surface area contributed by atoms with Crippen molar-refractivity contribution >= 4 is 29.1 Å². The van der Waals surface area contributed by atoms with Gasteiger partial charge < -0.3 is 10.4 Å². The molecule has 1 aliphatic carbocycles. The van der Waals surface area contributed by atoms with Crippen LogP contribution in [0.25, 0.3) is 0 Å². The summed E-state index contributed by atoms with van der Waals surface area (Å²) in [5.41, 5.74) is 0.681. The minimum Gasteiger partial charge on any atom is -0.481 e. The number of carboxylic acid groups (broad SMARTS) is 1. The lowest BCUT2D eigenvalue weighted by molar-refractivity contribution is -0.140. The maximum Gasteiger partial charge on any atom is 0.314 e. The van der Waals surface area contributed by atoms with Gasteiger partial charge in [0.25, 0.3) is 5.91 Å². The normalized spacial score (nSPS) is 15.6. The van der Waals surface area contributed by atoms with Crippen LogP contribution >= 0.6 is 11.5 Å². The van der Waals surface area contributed by atoms with Gasteiger partial charge in [0.2, 0.25) is 0 Å². The Morgan fingerprint density at radius 1 is 1.25 bits per heavy atom. The van der Waals surface area contributed by atoms with E-state index in [2.05, 4.69) is 14.9 Å². The smallest absolute Gasteiger partial charge is 0.314 e. The van der Waals surface area contributed by atoms with Gasteiger partial charge in [-0.1, -0.05) is 16.6 Å². The van der Waals surface area contributed by atoms with Crippen LogP contribution in [0.15, 0.2) is 30.5 Å². The van der Waals surface area contributed by atoms with E-state index in [1.807, 2.05) is 0 Å². The number of carbonyl (C=O) groups excluding carboxylic acids is 1. The van der Waals surface area contributed by atoms with Gasteiger partial charge in [-0.3, -0.25) is 9.59 Å². The number of hydrogen-bond acceptors (Lipinski definition) is 5. The molecule has 0 spiro atoms. The summed E-state index contributed by atoms with van der Waals surface area (Å²) in [6.45, 7) is 0. The van der Waals surface area contributed by atoms with Crippen LogP contribution in [0.4, 0.5) is 5.69 Å². The van der Waals surface area contributed by atoms with Crippen molar-refractivity contribution in [1.29, 1.82) is 0 Å². The predicted octanol–water partition coefficient (Wildman–Crippen LogP) is 1.91. The molecule has 1 fully saturated rings. The van der Waals surface area contributed by atoms with Crippen LogP contribution in [-0.4, -0.2) is 26.6 Å². The topological polar surface area (TPSA) is 92.2 Å². The second-order valence-electron chi connectivity index (χ2n) is 4.70. The third-order valence-electron chi connectivity index (χ3n) is 3.44. The van der Waals surface area contributed by atoms with E-state index >= 15 is 0 Å². The van der Waals surface area contributed by atoms with Crippen molar-refractivity contribution in [3.05, 3.63) is 40.9 Å². The highest BCUT2D eigenvalue weighted by atomic mass is 32.1. The van der Waals surface area contributed by atoms with Crippen molar-refractivity contribution in [3.63, 3.8) is 0 Å². The molecule has 102 valence electrons. The molecule has 3 rings (SSSR count). The first-order chi connectivity index (χ1) is 9.62. The molecule has 6 nitrogen and oxygen atoms in total. The predicted molar refractivity (Wildman–Crippen MR) is 72.9 cm³/mol. The number of hydrogen-bond donors (Lipinski definition) is 2. The van der Waals surface area contributed by atoms with E-state index in [4.69, 9.17) is 0 Å². The van der Waals surface area contributed by atoms with E-state index in [0.717, 1.165) is 17.1 Å². The highest BCUT2D eigenvalue weighted by molar-refractivity contribution is 7.07. The molecule has 1 aliphatic rings. The molecule has 1 saturated carbocycles. The molecule has 2 aromatic rings. The van der Waals surface area contributed by atoms with Crippen LogP contribution in [0.5, 0.6) is 0 Å². The number of amides is 1. The third-order valence-corrected chi connectivity index (χ3v) is 4.10. The number of nitrogens with zero attached hydrogens (tertiary/aromatic N) is 2. The minimum atomic E-state index is -0.787. The molecular weight excluding hydrogens is 278 g/mol. The van der Waals surface area contributed by atoms with E-state index < -0.39 is 11.4 Å². The molecule has 1 aromatic carbocycles. The Morgan fingerprint density at radius 3 is 2.45 bits per heavy atom. The molecule has 0 saturated heterocycles. The summed E-state index contributed by atoms with van der Waals surface area (Å²) in [4.78, 5) is 23.5. The summed E-state index contributed by atoms with van der Waals surface area (Å²) in [6.07, 6.45) is 2.74. The number of anilines is 1. The van der Waals surface area contributed by atoms with Crippen molar-refractivity contribution < 1.29 is 14.7 Å². The molecular formula is C13H11N3O3S. The SMILES string of the molecule is O=C(Nc1ccc(C2(C(=O)O)CC2)cc1)c1cnns1. The first-order valence-corrected chi connectivity index (χ1v) is 6.82. The van der Waals surface area contributed by atoms with Crippen LogP contribution in [0.2, 0.25) is 0 Å². The zero-order valence-corrected chi connectivity index (χ0v) is 11.2. The van der Waals surface area contributed by atoms with Gasteiger partial charge >= 0.3 is 5.97 Å². The fourth-order valence-electron chi connectivity index (χ4n) is 2.08. The minimum absolute atomic E-state index is 0.271. The van der Waals surface area contributed by atoms with Crippen LogP contribution in [0, 0.1) is 0 Å². The number of nitrogens with one attached hydrogen (secondary N) is 1. The van der Waals surface area contributed by atoms with Crippen molar-refractivity contribution in [3.8, 4) is 0 Å². The lowest BCUT2D eigenvalue weighted by Gasteiger charge is -2.11. The molecule has 1 heterocycles. The molecule has 0 atom stereocenters. The summed E-state index contributed by atoms with van der Waals surface area (Å²) in [7, 11) is 0. The number of benzene rings is 1. The summed E-state index contributed by atoms with van der Waals surface area (Å²) in [5.74, 6) is -1.06. The number of aromatic nitrogens is 2. The average molecular weight is 289 g/mol. The summed E-state index contributed by atoms with van der Waals surface area (Å²) in [6, 6.07) is 6.93. The quantitative estimate of drug-likeness (QED) is 0.897. The Labute approximate surface area is 118 Å².